The first kappa shape index (κ1) is 15.3. The number of aryl methyl sites for hydroxylation is 2. The van der Waals surface area contributed by atoms with Gasteiger partial charge in [-0.25, -0.2) is 0 Å². The predicted octanol–water partition coefficient (Wildman–Crippen LogP) is 1.93. The van der Waals surface area contributed by atoms with E-state index in [4.69, 9.17) is 4.42 Å². The molecule has 1 aliphatic rings. The lowest BCUT2D eigenvalue weighted by molar-refractivity contribution is -0.134. The van der Waals surface area contributed by atoms with Crippen molar-refractivity contribution in [3.05, 3.63) is 36.0 Å². The van der Waals surface area contributed by atoms with E-state index in [0.717, 1.165) is 12.3 Å². The molecule has 2 amide bonds. The van der Waals surface area contributed by atoms with Gasteiger partial charge in [0.1, 0.15) is 17.6 Å². The Kier molecular flexibility index (Phi) is 4.18. The van der Waals surface area contributed by atoms with Crippen LogP contribution in [0.3, 0.4) is 0 Å². The second kappa shape index (κ2) is 6.28. The average molecular weight is 316 g/mol. The molecule has 0 bridgehead atoms. The van der Waals surface area contributed by atoms with Gasteiger partial charge in [0.25, 0.3) is 0 Å². The number of likely N-dealkylation sites (tertiary alicyclic amines) is 1. The molecule has 0 saturated carbocycles. The van der Waals surface area contributed by atoms with E-state index in [1.807, 2.05) is 26.0 Å². The van der Waals surface area contributed by atoms with Gasteiger partial charge in [-0.1, -0.05) is 0 Å². The number of rotatable bonds is 5. The van der Waals surface area contributed by atoms with Crippen LogP contribution in [0.15, 0.2) is 28.9 Å². The summed E-state index contributed by atoms with van der Waals surface area (Å²) in [7, 11) is 0. The maximum Gasteiger partial charge on any atom is 0.247 e. The molecule has 0 aliphatic carbocycles. The highest BCUT2D eigenvalue weighted by molar-refractivity contribution is 5.98. The van der Waals surface area contributed by atoms with Crippen LogP contribution in [0.25, 0.3) is 0 Å². The van der Waals surface area contributed by atoms with Crippen LogP contribution >= 0.6 is 0 Å². The molecule has 7 nitrogen and oxygen atoms in total. The second-order valence-electron chi connectivity index (χ2n) is 5.66. The smallest absolute Gasteiger partial charge is 0.247 e. The number of amides is 2. The molecular weight excluding hydrogens is 296 g/mol. The first-order valence-corrected chi connectivity index (χ1v) is 7.75. The van der Waals surface area contributed by atoms with Crippen LogP contribution in [0, 0.1) is 6.92 Å². The van der Waals surface area contributed by atoms with Crippen molar-refractivity contribution in [1.82, 2.24) is 14.7 Å². The molecule has 3 rings (SSSR count). The van der Waals surface area contributed by atoms with Crippen LogP contribution in [0.2, 0.25) is 0 Å². The Morgan fingerprint density at radius 3 is 2.96 bits per heavy atom. The minimum absolute atomic E-state index is 0.0246. The SMILES string of the molecule is CCn1cc(NC(=O)C2CCC(=O)N2Cc2ccc(C)o2)cn1. The van der Waals surface area contributed by atoms with Crippen LogP contribution in [0.1, 0.15) is 31.3 Å². The minimum atomic E-state index is -0.474. The summed E-state index contributed by atoms with van der Waals surface area (Å²) in [5, 5.41) is 6.96. The van der Waals surface area contributed by atoms with E-state index >= 15 is 0 Å². The lowest BCUT2D eigenvalue weighted by Crippen LogP contribution is -2.41. The zero-order chi connectivity index (χ0) is 16.4. The molecule has 1 atom stereocenters. The van der Waals surface area contributed by atoms with Crippen LogP contribution in [0.4, 0.5) is 5.69 Å². The van der Waals surface area contributed by atoms with E-state index < -0.39 is 6.04 Å². The molecule has 2 aromatic rings. The minimum Gasteiger partial charge on any atom is -0.464 e. The largest absolute Gasteiger partial charge is 0.464 e. The summed E-state index contributed by atoms with van der Waals surface area (Å²) in [6, 6.07) is 3.21. The van der Waals surface area contributed by atoms with Gasteiger partial charge in [0.05, 0.1) is 18.4 Å². The fourth-order valence-electron chi connectivity index (χ4n) is 2.77. The van der Waals surface area contributed by atoms with Crippen molar-refractivity contribution in [1.29, 1.82) is 0 Å². The standard InChI is InChI=1S/C16H20N4O3/c1-3-19-9-12(8-17-19)18-16(22)14-6-7-15(21)20(14)10-13-5-4-11(2)23-13/h4-5,8-9,14H,3,6-7,10H2,1-2H3,(H,18,22). The summed E-state index contributed by atoms with van der Waals surface area (Å²) in [5.41, 5.74) is 0.644. The van der Waals surface area contributed by atoms with Crippen molar-refractivity contribution in [3.63, 3.8) is 0 Å². The third-order valence-electron chi connectivity index (χ3n) is 3.98. The van der Waals surface area contributed by atoms with E-state index in [1.54, 1.807) is 22.0 Å². The van der Waals surface area contributed by atoms with Crippen LogP contribution in [-0.2, 0) is 22.7 Å². The Bertz CT molecular complexity index is 718. The van der Waals surface area contributed by atoms with E-state index in [-0.39, 0.29) is 11.8 Å². The maximum absolute atomic E-state index is 12.5. The number of anilines is 1. The van der Waals surface area contributed by atoms with Gasteiger partial charge in [0.15, 0.2) is 0 Å². The third-order valence-corrected chi connectivity index (χ3v) is 3.98. The molecule has 1 unspecified atom stereocenters. The molecule has 2 aromatic heterocycles. The zero-order valence-corrected chi connectivity index (χ0v) is 13.3. The number of carbonyl (C=O) groups excluding carboxylic acids is 2. The van der Waals surface area contributed by atoms with Gasteiger partial charge in [0, 0.05) is 19.2 Å². The quantitative estimate of drug-likeness (QED) is 0.914. The first-order valence-electron chi connectivity index (χ1n) is 7.75. The van der Waals surface area contributed by atoms with E-state index in [2.05, 4.69) is 10.4 Å². The Labute approximate surface area is 134 Å². The monoisotopic (exact) mass is 316 g/mol. The molecule has 0 aromatic carbocycles. The van der Waals surface area contributed by atoms with E-state index in [1.165, 1.54) is 0 Å². The first-order chi connectivity index (χ1) is 11.1. The van der Waals surface area contributed by atoms with Crippen LogP contribution in [0.5, 0.6) is 0 Å². The number of hydrogen-bond acceptors (Lipinski definition) is 4. The lowest BCUT2D eigenvalue weighted by Gasteiger charge is -2.22. The fraction of sp³-hybridized carbons (Fsp3) is 0.438. The molecular formula is C16H20N4O3. The molecule has 122 valence electrons. The van der Waals surface area contributed by atoms with Gasteiger partial charge < -0.3 is 14.6 Å². The summed E-state index contributed by atoms with van der Waals surface area (Å²) < 4.78 is 7.25. The number of carbonyl (C=O) groups is 2. The lowest BCUT2D eigenvalue weighted by atomic mass is 10.2. The topological polar surface area (TPSA) is 80.4 Å². The number of aromatic nitrogens is 2. The maximum atomic E-state index is 12.5. The summed E-state index contributed by atoms with van der Waals surface area (Å²) in [6.45, 7) is 4.88. The molecule has 1 N–H and O–H groups in total. The fourth-order valence-corrected chi connectivity index (χ4v) is 2.77. The molecule has 0 radical (unpaired) electrons. The number of nitrogens with zero attached hydrogens (tertiary/aromatic N) is 3. The summed E-state index contributed by atoms with van der Waals surface area (Å²) in [6.07, 6.45) is 4.28. The Morgan fingerprint density at radius 2 is 2.30 bits per heavy atom. The predicted molar refractivity (Wildman–Crippen MR) is 83.5 cm³/mol. The Morgan fingerprint density at radius 1 is 1.48 bits per heavy atom. The Hall–Kier alpha value is -2.57. The van der Waals surface area contributed by atoms with Gasteiger partial charge in [-0.3, -0.25) is 14.3 Å². The molecule has 1 fully saturated rings. The van der Waals surface area contributed by atoms with Gasteiger partial charge in [0.2, 0.25) is 11.8 Å². The summed E-state index contributed by atoms with van der Waals surface area (Å²) >= 11 is 0. The van der Waals surface area contributed by atoms with Crippen molar-refractivity contribution >= 4 is 17.5 Å². The normalized spacial score (nSPS) is 17.7. The van der Waals surface area contributed by atoms with Crippen molar-refractivity contribution in [2.24, 2.45) is 0 Å². The molecule has 0 spiro atoms. The van der Waals surface area contributed by atoms with Gasteiger partial charge in [-0.2, -0.15) is 5.10 Å². The van der Waals surface area contributed by atoms with Gasteiger partial charge >= 0.3 is 0 Å². The Balaban J connectivity index is 1.69. The highest BCUT2D eigenvalue weighted by Crippen LogP contribution is 2.23. The van der Waals surface area contributed by atoms with Crippen molar-refractivity contribution in [2.45, 2.75) is 45.8 Å². The summed E-state index contributed by atoms with van der Waals surface area (Å²) in [5.74, 6) is 1.27. The highest BCUT2D eigenvalue weighted by Gasteiger charge is 2.36. The van der Waals surface area contributed by atoms with E-state index in [0.29, 0.717) is 30.8 Å². The molecule has 7 heteroatoms. The van der Waals surface area contributed by atoms with Crippen LogP contribution < -0.4 is 5.32 Å². The number of hydrogen-bond donors (Lipinski definition) is 1. The molecule has 1 saturated heterocycles. The van der Waals surface area contributed by atoms with Gasteiger partial charge in [-0.05, 0) is 32.4 Å². The van der Waals surface area contributed by atoms with Crippen molar-refractivity contribution in [2.75, 3.05) is 5.32 Å². The van der Waals surface area contributed by atoms with Crippen molar-refractivity contribution < 1.29 is 14.0 Å². The second-order valence-corrected chi connectivity index (χ2v) is 5.66. The average Bonchev–Trinajstić information content (AvgIpc) is 3.22. The summed E-state index contributed by atoms with van der Waals surface area (Å²) in [4.78, 5) is 26.2. The van der Waals surface area contributed by atoms with Gasteiger partial charge in [-0.15, -0.1) is 0 Å². The molecule has 1 aliphatic heterocycles. The molecule has 3 heterocycles. The van der Waals surface area contributed by atoms with Crippen LogP contribution in [-0.4, -0.2) is 32.5 Å². The zero-order valence-electron chi connectivity index (χ0n) is 13.3. The number of furan rings is 1. The number of nitrogens with one attached hydrogen (secondary N) is 1. The highest BCUT2D eigenvalue weighted by atomic mass is 16.3. The van der Waals surface area contributed by atoms with E-state index in [9.17, 15) is 9.59 Å². The third kappa shape index (κ3) is 3.28. The molecule has 23 heavy (non-hydrogen) atoms. The van der Waals surface area contributed by atoms with Crippen molar-refractivity contribution in [3.8, 4) is 0 Å².